The highest BCUT2D eigenvalue weighted by Gasteiger charge is 2.08. The molecule has 3 nitrogen and oxygen atoms in total. The van der Waals surface area contributed by atoms with E-state index in [0.717, 1.165) is 16.5 Å². The van der Waals surface area contributed by atoms with Gasteiger partial charge < -0.3 is 11.1 Å². The Morgan fingerprint density at radius 3 is 2.50 bits per heavy atom. The Morgan fingerprint density at radius 1 is 1.20 bits per heavy atom. The van der Waals surface area contributed by atoms with E-state index in [1.54, 1.807) is 24.3 Å². The molecule has 0 radical (unpaired) electrons. The first-order valence-electron chi connectivity index (χ1n) is 6.15. The Bertz CT molecular complexity index is 614. The van der Waals surface area contributed by atoms with Crippen molar-refractivity contribution in [3.63, 3.8) is 0 Å². The molecule has 0 aromatic heterocycles. The van der Waals surface area contributed by atoms with Crippen LogP contribution < -0.4 is 11.1 Å². The first-order valence-corrected chi connectivity index (χ1v) is 7.32. The Morgan fingerprint density at radius 2 is 1.90 bits per heavy atom. The highest BCUT2D eigenvalue weighted by Crippen LogP contribution is 2.26. The van der Waals surface area contributed by atoms with E-state index in [0.29, 0.717) is 22.8 Å². The van der Waals surface area contributed by atoms with Crippen molar-refractivity contribution >= 4 is 39.1 Å². The number of anilines is 1. The molecule has 0 aliphatic carbocycles. The molecule has 0 saturated carbocycles. The van der Waals surface area contributed by atoms with Gasteiger partial charge in [-0.1, -0.05) is 39.7 Å². The Hall–Kier alpha value is -1.36. The van der Waals surface area contributed by atoms with Gasteiger partial charge in [-0.05, 0) is 48.9 Å². The Labute approximate surface area is 131 Å². The second-order valence-electron chi connectivity index (χ2n) is 4.31. The predicted molar refractivity (Wildman–Crippen MR) is 86.3 cm³/mol. The smallest absolute Gasteiger partial charge is 0.255 e. The van der Waals surface area contributed by atoms with Crippen molar-refractivity contribution in [2.75, 3.05) is 11.9 Å². The van der Waals surface area contributed by atoms with Gasteiger partial charge >= 0.3 is 0 Å². The molecule has 2 aromatic rings. The van der Waals surface area contributed by atoms with Crippen LogP contribution in [0.25, 0.3) is 0 Å². The minimum Gasteiger partial charge on any atom is -0.330 e. The van der Waals surface area contributed by atoms with Gasteiger partial charge in [0.15, 0.2) is 0 Å². The van der Waals surface area contributed by atoms with Crippen LogP contribution >= 0.6 is 27.5 Å². The molecule has 0 fully saturated rings. The van der Waals surface area contributed by atoms with Gasteiger partial charge in [-0.25, -0.2) is 0 Å². The van der Waals surface area contributed by atoms with E-state index in [2.05, 4.69) is 21.2 Å². The summed E-state index contributed by atoms with van der Waals surface area (Å²) >= 11 is 9.39. The van der Waals surface area contributed by atoms with Gasteiger partial charge in [0, 0.05) is 10.0 Å². The molecule has 0 heterocycles. The zero-order chi connectivity index (χ0) is 14.5. The molecule has 2 rings (SSSR count). The van der Waals surface area contributed by atoms with E-state index < -0.39 is 0 Å². The van der Waals surface area contributed by atoms with E-state index in [4.69, 9.17) is 17.3 Å². The lowest BCUT2D eigenvalue weighted by Gasteiger charge is -2.08. The van der Waals surface area contributed by atoms with Gasteiger partial charge in [0.1, 0.15) is 0 Å². The molecule has 0 aliphatic rings. The Balaban J connectivity index is 2.11. The first-order chi connectivity index (χ1) is 9.60. The summed E-state index contributed by atoms with van der Waals surface area (Å²) in [5.41, 5.74) is 7.78. The number of hydrogen-bond acceptors (Lipinski definition) is 2. The minimum atomic E-state index is -0.187. The zero-order valence-corrected chi connectivity index (χ0v) is 13.0. The summed E-state index contributed by atoms with van der Waals surface area (Å²) in [5, 5.41) is 3.28. The van der Waals surface area contributed by atoms with E-state index >= 15 is 0 Å². The molecule has 0 spiro atoms. The number of nitrogens with one attached hydrogen (secondary N) is 1. The van der Waals surface area contributed by atoms with Gasteiger partial charge in [0.2, 0.25) is 0 Å². The van der Waals surface area contributed by atoms with Crippen LogP contribution in [0.1, 0.15) is 15.9 Å². The fraction of sp³-hybridized carbons (Fsp3) is 0.133. The standard InChI is InChI=1S/C15H14BrClN2O/c16-12-5-6-14(13(17)9-12)19-15(20)11-3-1-10(2-4-11)7-8-18/h1-6,9H,7-8,18H2,(H,19,20). The summed E-state index contributed by atoms with van der Waals surface area (Å²) in [4.78, 5) is 12.1. The average Bonchev–Trinajstić information content (AvgIpc) is 2.43. The second-order valence-corrected chi connectivity index (χ2v) is 5.64. The van der Waals surface area contributed by atoms with Crippen LogP contribution in [0, 0.1) is 0 Å². The lowest BCUT2D eigenvalue weighted by atomic mass is 10.1. The molecule has 2 aromatic carbocycles. The highest BCUT2D eigenvalue weighted by atomic mass is 79.9. The third-order valence-corrected chi connectivity index (χ3v) is 3.63. The van der Waals surface area contributed by atoms with Gasteiger partial charge in [-0.3, -0.25) is 4.79 Å². The largest absolute Gasteiger partial charge is 0.330 e. The average molecular weight is 354 g/mol. The molecule has 104 valence electrons. The van der Waals surface area contributed by atoms with Crippen molar-refractivity contribution in [2.45, 2.75) is 6.42 Å². The van der Waals surface area contributed by atoms with Crippen molar-refractivity contribution in [3.8, 4) is 0 Å². The number of nitrogens with two attached hydrogens (primary N) is 1. The molecular weight excluding hydrogens is 340 g/mol. The van der Waals surface area contributed by atoms with Crippen molar-refractivity contribution in [3.05, 3.63) is 63.1 Å². The van der Waals surface area contributed by atoms with Crippen LogP contribution in [0.15, 0.2) is 46.9 Å². The van der Waals surface area contributed by atoms with Gasteiger partial charge in [-0.2, -0.15) is 0 Å². The first kappa shape index (κ1) is 15.0. The molecule has 5 heteroatoms. The Kier molecular flexibility index (Phi) is 5.17. The predicted octanol–water partition coefficient (Wildman–Crippen LogP) is 3.86. The minimum absolute atomic E-state index is 0.187. The van der Waals surface area contributed by atoms with Crippen LogP contribution in [0.4, 0.5) is 5.69 Å². The molecule has 0 unspecified atom stereocenters. The summed E-state index contributed by atoms with van der Waals surface area (Å²) in [7, 11) is 0. The quantitative estimate of drug-likeness (QED) is 0.877. The van der Waals surface area contributed by atoms with Crippen LogP contribution in [0.5, 0.6) is 0 Å². The number of benzene rings is 2. The second kappa shape index (κ2) is 6.88. The van der Waals surface area contributed by atoms with E-state index in [-0.39, 0.29) is 5.91 Å². The maximum absolute atomic E-state index is 12.1. The summed E-state index contributed by atoms with van der Waals surface area (Å²) in [6.45, 7) is 0.597. The van der Waals surface area contributed by atoms with Gasteiger partial charge in [0.25, 0.3) is 5.91 Å². The summed E-state index contributed by atoms with van der Waals surface area (Å²) in [5.74, 6) is -0.187. The molecule has 0 aliphatic heterocycles. The summed E-state index contributed by atoms with van der Waals surface area (Å²) in [6, 6.07) is 12.7. The molecule has 1 amide bonds. The lowest BCUT2D eigenvalue weighted by molar-refractivity contribution is 0.102. The number of carbonyl (C=O) groups is 1. The fourth-order valence-corrected chi connectivity index (χ4v) is 2.50. The van der Waals surface area contributed by atoms with Crippen LogP contribution in [0.2, 0.25) is 5.02 Å². The van der Waals surface area contributed by atoms with Gasteiger partial charge in [-0.15, -0.1) is 0 Å². The third kappa shape index (κ3) is 3.82. The van der Waals surface area contributed by atoms with E-state index in [1.165, 1.54) is 0 Å². The third-order valence-electron chi connectivity index (χ3n) is 2.83. The highest BCUT2D eigenvalue weighted by molar-refractivity contribution is 9.10. The monoisotopic (exact) mass is 352 g/mol. The topological polar surface area (TPSA) is 55.1 Å². The summed E-state index contributed by atoms with van der Waals surface area (Å²) < 4.78 is 0.867. The molecule has 0 bridgehead atoms. The summed E-state index contributed by atoms with van der Waals surface area (Å²) in [6.07, 6.45) is 0.806. The molecule has 0 atom stereocenters. The van der Waals surface area contributed by atoms with Crippen molar-refractivity contribution in [1.82, 2.24) is 0 Å². The van der Waals surface area contributed by atoms with E-state index in [1.807, 2.05) is 18.2 Å². The SMILES string of the molecule is NCCc1ccc(C(=O)Nc2ccc(Br)cc2Cl)cc1. The lowest BCUT2D eigenvalue weighted by Crippen LogP contribution is -2.12. The molecule has 0 saturated heterocycles. The van der Waals surface area contributed by atoms with Crippen molar-refractivity contribution < 1.29 is 4.79 Å². The van der Waals surface area contributed by atoms with Crippen molar-refractivity contribution in [2.24, 2.45) is 5.73 Å². The van der Waals surface area contributed by atoms with Crippen LogP contribution in [0.3, 0.4) is 0 Å². The number of hydrogen-bond donors (Lipinski definition) is 2. The van der Waals surface area contributed by atoms with Gasteiger partial charge in [0.05, 0.1) is 10.7 Å². The maximum Gasteiger partial charge on any atom is 0.255 e. The fourth-order valence-electron chi connectivity index (χ4n) is 1.77. The van der Waals surface area contributed by atoms with Crippen LogP contribution in [-0.4, -0.2) is 12.5 Å². The number of amides is 1. The number of carbonyl (C=O) groups excluding carboxylic acids is 1. The normalized spacial score (nSPS) is 10.3. The molecule has 3 N–H and O–H groups in total. The van der Waals surface area contributed by atoms with Crippen molar-refractivity contribution in [1.29, 1.82) is 0 Å². The van der Waals surface area contributed by atoms with Crippen LogP contribution in [-0.2, 0) is 6.42 Å². The maximum atomic E-state index is 12.1. The molecular formula is C15H14BrClN2O. The van der Waals surface area contributed by atoms with E-state index in [9.17, 15) is 4.79 Å². The number of halogens is 2. The number of rotatable bonds is 4. The zero-order valence-electron chi connectivity index (χ0n) is 10.7. The molecule has 20 heavy (non-hydrogen) atoms.